The number of carboxylic acids is 1. The molecule has 140 heavy (non-hydrogen) atoms. The van der Waals surface area contributed by atoms with Gasteiger partial charge in [0.05, 0.1) is 95.7 Å². The molecular formula is C111H118BF4N12NaO10P. The van der Waals surface area contributed by atoms with E-state index in [-0.39, 0.29) is 112 Å². The summed E-state index contributed by atoms with van der Waals surface area (Å²) in [5, 5.41) is 18.1. The van der Waals surface area contributed by atoms with E-state index in [1.807, 2.05) is 142 Å². The second kappa shape index (κ2) is 50.6. The number of carboxylic acid groups (broad SMARTS) is 1. The van der Waals surface area contributed by atoms with E-state index in [2.05, 4.69) is 112 Å². The smallest absolute Gasteiger partial charge is 1.00 e. The van der Waals surface area contributed by atoms with Crippen LogP contribution in [0.5, 0.6) is 0 Å². The third-order valence-electron chi connectivity index (χ3n) is 27.0. The van der Waals surface area contributed by atoms with Crippen LogP contribution >= 0.6 is 7.60 Å². The molecule has 10 heterocycles. The van der Waals surface area contributed by atoms with E-state index in [9.17, 15) is 46.4 Å². The van der Waals surface area contributed by atoms with Gasteiger partial charge in [0.15, 0.2) is 12.1 Å². The fourth-order valence-corrected chi connectivity index (χ4v) is 21.3. The minimum atomic E-state index is -3.15. The summed E-state index contributed by atoms with van der Waals surface area (Å²) in [7, 11) is -0.518. The van der Waals surface area contributed by atoms with Crippen molar-refractivity contribution in [1.82, 2.24) is 58.1 Å². The van der Waals surface area contributed by atoms with Crippen LogP contribution in [0.25, 0.3) is 51.1 Å². The molecule has 719 valence electrons. The number of hydrogen-bond acceptors (Lipinski definition) is 17. The Balaban J connectivity index is 0.000000172. The van der Waals surface area contributed by atoms with E-state index in [1.54, 1.807) is 61.7 Å². The number of hydrogen-bond donors (Lipinski definition) is 2. The van der Waals surface area contributed by atoms with Gasteiger partial charge in [0.2, 0.25) is 23.8 Å². The molecule has 14 aromatic rings. The summed E-state index contributed by atoms with van der Waals surface area (Å²) in [4.78, 5) is 91.7. The summed E-state index contributed by atoms with van der Waals surface area (Å²) < 4.78 is 84.4. The molecule has 8 aromatic heterocycles. The van der Waals surface area contributed by atoms with Gasteiger partial charge in [0.1, 0.15) is 34.5 Å². The molecule has 0 bridgehead atoms. The maximum atomic E-state index is 14.3. The Hall–Kier alpha value is -12.5. The Morgan fingerprint density at radius 3 is 1.16 bits per heavy atom. The van der Waals surface area contributed by atoms with Gasteiger partial charge in [-0.15, -0.1) is 0 Å². The standard InChI is InChI=1S/C36H32FN3O.C28H20FN3O.C17H20FN3O.C17H18FN3O.C10H19O4P.C2H4O2.CH4.B.Na.H/c37-35-24-21-31(32(39-35)22-23-34(41)27-13-5-1-6-14-27)33-25-40(26-38-33)36(28-15-7-2-8-16-28,29-17-9-3-10-18-29)30-19-11-4-12-20-30;29-27-17-16-24(26(19-33)31-27)25-18-32(20-30-25)28(21-10-4-1-5-11-21,22-12-6-2-7-13-22)23-14-8-3-9-15-23;2*18-16-7-6-12-14-9-19-10-21(14)13(17(12)20-16)8-15(22)11-4-2-1-3-5-11;1-13-15(12,14-2)8-10(11)9-6-4-3-5-7-9;1-2(3)4;;;;/h2-4,7-12,15-27H,1,5-6,13-14H2;1-20H;6-7,9-11,13,15,22H,1-5,8H2;6-7,9-11,13H,1-5,8H2;9H,3-8H2,1-2H3;1H3,(H,3,4);1H4;;;/q;;;;;;;;+1;-1/b23-22+;;;;;;;;;. The maximum Gasteiger partial charge on any atom is 1.00 e. The quantitative estimate of drug-likeness (QED) is 0.0102. The number of carbonyl (C=O) groups is 5. The Labute approximate surface area is 841 Å². The zero-order chi connectivity index (χ0) is 95.8. The topological polar surface area (TPSA) is 284 Å². The number of nitrogens with zero attached hydrogens (tertiary/aromatic N) is 12. The van der Waals surface area contributed by atoms with Gasteiger partial charge in [0.25, 0.3) is 5.97 Å². The van der Waals surface area contributed by atoms with E-state index in [1.165, 1.54) is 83.1 Å². The van der Waals surface area contributed by atoms with Gasteiger partial charge in [0, 0.05) is 94.8 Å². The van der Waals surface area contributed by atoms with Gasteiger partial charge in [-0.3, -0.25) is 28.5 Å². The normalized spacial score (nSPS) is 15.9. The number of aliphatic carboxylic acids is 1. The SMILES string of the molecule is C.CC(=O)O.COP(=O)(CC(=O)C1CCCCC1)OC.O=C(/C=C/c1nc(F)ccc1-c1cn(C(c2ccccc2)(c2ccccc2)c2ccccc2)cn1)C1CCCCC1.O=C(CC1c2nc(F)ccc2-c2cncn21)C1CCCCC1.O=Cc1nc(F)ccc1-c1cn(C(c2ccccc2)(c2ccccc2)c2ccccc2)cn1.OC(CC1c2nc(F)ccc2-c2cncn21)C1CCCCC1.[B].[H-].[Na+]. The first-order valence-electron chi connectivity index (χ1n) is 47.2. The Morgan fingerprint density at radius 1 is 0.457 bits per heavy atom. The van der Waals surface area contributed by atoms with E-state index in [4.69, 9.17) is 23.9 Å². The number of ketones is 3. The van der Waals surface area contributed by atoms with Gasteiger partial charge in [-0.25, -0.2) is 39.9 Å². The van der Waals surface area contributed by atoms with Crippen molar-refractivity contribution in [2.75, 3.05) is 20.4 Å². The minimum absolute atomic E-state index is 0. The number of aldehydes is 1. The van der Waals surface area contributed by atoms with E-state index >= 15 is 0 Å². The molecule has 4 saturated carbocycles. The second-order valence-corrected chi connectivity index (χ2v) is 37.7. The molecule has 0 saturated heterocycles. The first-order chi connectivity index (χ1) is 66.7. The van der Waals surface area contributed by atoms with Crippen LogP contribution in [0.15, 0.2) is 287 Å². The van der Waals surface area contributed by atoms with Crippen LogP contribution < -0.4 is 29.6 Å². The molecule has 4 fully saturated rings. The number of rotatable bonds is 25. The van der Waals surface area contributed by atoms with Crippen molar-refractivity contribution < 1.29 is 96.3 Å². The van der Waals surface area contributed by atoms with Crippen LogP contribution in [0.1, 0.15) is 230 Å². The van der Waals surface area contributed by atoms with Crippen LogP contribution in [0, 0.1) is 47.5 Å². The average Bonchev–Trinajstić information content (AvgIpc) is 1.73. The van der Waals surface area contributed by atoms with Gasteiger partial charge >= 0.3 is 37.2 Å². The summed E-state index contributed by atoms with van der Waals surface area (Å²) >= 11 is 0. The predicted octanol–water partition coefficient (Wildman–Crippen LogP) is 20.8. The minimum Gasteiger partial charge on any atom is -1.00 e. The molecule has 29 heteroatoms. The molecule has 3 radical (unpaired) electrons. The maximum absolute atomic E-state index is 14.3. The van der Waals surface area contributed by atoms with Crippen LogP contribution in [0.4, 0.5) is 17.6 Å². The molecule has 0 amide bonds. The molecule has 0 spiro atoms. The third kappa shape index (κ3) is 24.9. The Morgan fingerprint density at radius 2 is 0.786 bits per heavy atom. The average molecular weight is 1920 g/mol. The number of benzene rings is 6. The number of allylic oxidation sites excluding steroid dienone is 1. The zero-order valence-electron chi connectivity index (χ0n) is 79.7. The molecule has 22 nitrogen and oxygen atoms in total. The number of aliphatic hydroxyl groups is 1. The van der Waals surface area contributed by atoms with Crippen molar-refractivity contribution in [3.8, 4) is 45.0 Å². The van der Waals surface area contributed by atoms with Crippen LogP contribution in [-0.4, -0.2) is 133 Å². The van der Waals surface area contributed by atoms with Crippen molar-refractivity contribution in [2.24, 2.45) is 23.7 Å². The van der Waals surface area contributed by atoms with Crippen molar-refractivity contribution >= 4 is 51.7 Å². The summed E-state index contributed by atoms with van der Waals surface area (Å²) in [5.41, 5.74) is 12.8. The number of halogens is 4. The van der Waals surface area contributed by atoms with Crippen LogP contribution in [-0.2, 0) is 43.9 Å². The van der Waals surface area contributed by atoms with Crippen molar-refractivity contribution in [3.05, 3.63) is 367 Å². The molecule has 6 aliphatic rings. The van der Waals surface area contributed by atoms with Crippen LogP contribution in [0.2, 0.25) is 0 Å². The van der Waals surface area contributed by atoms with Crippen molar-refractivity contribution in [3.63, 3.8) is 0 Å². The fraction of sp³-hybridized carbons (Fsp3) is 0.324. The largest absolute Gasteiger partial charge is 1.00 e. The van der Waals surface area contributed by atoms with Crippen LogP contribution in [0.3, 0.4) is 0 Å². The van der Waals surface area contributed by atoms with Crippen molar-refractivity contribution in [2.45, 2.75) is 185 Å². The molecule has 4 aliphatic carbocycles. The van der Waals surface area contributed by atoms with Gasteiger partial charge < -0.3 is 39.0 Å². The Bertz CT molecular complexity index is 6280. The monoisotopic (exact) mass is 1920 g/mol. The first kappa shape index (κ1) is 106. The van der Waals surface area contributed by atoms with Gasteiger partial charge in [-0.05, 0) is 151 Å². The number of carbonyl (C=O) groups excluding carboxylic acids is 4. The summed E-state index contributed by atoms with van der Waals surface area (Å²) in [6.07, 6.45) is 40.5. The third-order valence-corrected chi connectivity index (χ3v) is 28.8. The number of Topliss-reactive ketones (excluding diaryl/α,β-unsaturated/α-hetero) is 2. The summed E-state index contributed by atoms with van der Waals surface area (Å²) in [6, 6.07) is 73.4. The van der Waals surface area contributed by atoms with E-state index < -0.39 is 48.4 Å². The fourth-order valence-electron chi connectivity index (χ4n) is 20.2. The second-order valence-electron chi connectivity index (χ2n) is 35.5. The number of imidazole rings is 4. The van der Waals surface area contributed by atoms with Gasteiger partial charge in [-0.1, -0.05) is 266 Å². The number of aromatic nitrogens is 12. The molecule has 2 aliphatic heterocycles. The molecule has 20 rings (SSSR count). The molecule has 6 aromatic carbocycles. The Kier molecular flexibility index (Phi) is 38.5. The number of fused-ring (bicyclic) bond motifs is 6. The zero-order valence-corrected chi connectivity index (χ0v) is 81.6. The van der Waals surface area contributed by atoms with E-state index in [0.29, 0.717) is 58.9 Å². The van der Waals surface area contributed by atoms with Crippen molar-refractivity contribution in [1.29, 1.82) is 0 Å². The number of pyridine rings is 4. The molecular weight excluding hydrogens is 1800 g/mol. The first-order valence-corrected chi connectivity index (χ1v) is 48.9. The summed E-state index contributed by atoms with van der Waals surface area (Å²) in [5.74, 6) is -2.05. The van der Waals surface area contributed by atoms with E-state index in [0.717, 1.165) is 158 Å². The predicted molar refractivity (Wildman–Crippen MR) is 532 cm³/mol. The van der Waals surface area contributed by atoms with Gasteiger partial charge in [-0.2, -0.15) is 17.6 Å². The number of aliphatic hydroxyl groups excluding tert-OH is 1. The molecule has 2 N–H and O–H groups in total. The molecule has 3 atom stereocenters. The summed E-state index contributed by atoms with van der Waals surface area (Å²) in [6.45, 7) is 1.08. The molecule has 3 unspecified atom stereocenters.